The Morgan fingerprint density at radius 1 is 1.10 bits per heavy atom. The largest absolute Gasteiger partial charge is 0.207 e. The summed E-state index contributed by atoms with van der Waals surface area (Å²) in [5, 5.41) is 1.69. The molecule has 3 heteroatoms. The third kappa shape index (κ3) is 4.32. The molecule has 106 valence electrons. The highest BCUT2D eigenvalue weighted by molar-refractivity contribution is 9.09. The van der Waals surface area contributed by atoms with Gasteiger partial charge in [-0.25, -0.2) is 4.39 Å². The minimum absolute atomic E-state index is 0.167. The Labute approximate surface area is 133 Å². The first-order chi connectivity index (χ1) is 9.58. The van der Waals surface area contributed by atoms with Crippen molar-refractivity contribution >= 4 is 27.5 Å². The van der Waals surface area contributed by atoms with Crippen molar-refractivity contribution in [2.45, 2.75) is 19.8 Å². The summed E-state index contributed by atoms with van der Waals surface area (Å²) in [6.07, 6.45) is 1.93. The van der Waals surface area contributed by atoms with Gasteiger partial charge in [0.15, 0.2) is 0 Å². The van der Waals surface area contributed by atoms with Gasteiger partial charge in [-0.2, -0.15) is 0 Å². The summed E-state index contributed by atoms with van der Waals surface area (Å²) in [4.78, 5) is 0. The molecule has 0 saturated carbocycles. The van der Waals surface area contributed by atoms with E-state index in [1.807, 2.05) is 25.1 Å². The molecule has 0 saturated heterocycles. The van der Waals surface area contributed by atoms with Crippen LogP contribution >= 0.6 is 27.5 Å². The third-order valence-corrected chi connectivity index (χ3v) is 4.64. The fraction of sp³-hybridized carbons (Fsp3) is 0.294. The number of rotatable bonds is 5. The van der Waals surface area contributed by atoms with Crippen LogP contribution in [0.2, 0.25) is 5.02 Å². The Kier molecular flexibility index (Phi) is 5.62. The minimum atomic E-state index is -0.167. The average Bonchev–Trinajstić information content (AvgIpc) is 2.43. The van der Waals surface area contributed by atoms with Crippen LogP contribution in [0.1, 0.15) is 16.7 Å². The first-order valence-corrected chi connectivity index (χ1v) is 8.14. The Morgan fingerprint density at radius 3 is 2.40 bits per heavy atom. The Morgan fingerprint density at radius 2 is 1.80 bits per heavy atom. The maximum atomic E-state index is 13.1. The van der Waals surface area contributed by atoms with E-state index in [4.69, 9.17) is 11.6 Å². The molecule has 0 bridgehead atoms. The Bertz CT molecular complexity index is 566. The SMILES string of the molecule is Cc1cc(F)ccc1CC(CBr)Cc1ccc(Cl)cc1. The van der Waals surface area contributed by atoms with E-state index in [9.17, 15) is 4.39 Å². The molecule has 2 aromatic carbocycles. The van der Waals surface area contributed by atoms with Crippen LogP contribution in [0.25, 0.3) is 0 Å². The molecule has 2 aromatic rings. The van der Waals surface area contributed by atoms with E-state index in [-0.39, 0.29) is 5.82 Å². The van der Waals surface area contributed by atoms with Crippen LogP contribution in [0.15, 0.2) is 42.5 Å². The van der Waals surface area contributed by atoms with Gasteiger partial charge in [-0.05, 0) is 66.6 Å². The molecule has 0 aromatic heterocycles. The molecule has 0 fully saturated rings. The van der Waals surface area contributed by atoms with Gasteiger partial charge < -0.3 is 0 Å². The van der Waals surface area contributed by atoms with E-state index >= 15 is 0 Å². The van der Waals surface area contributed by atoms with Crippen molar-refractivity contribution in [2.75, 3.05) is 5.33 Å². The zero-order valence-electron chi connectivity index (χ0n) is 11.4. The number of aryl methyl sites for hydroxylation is 1. The summed E-state index contributed by atoms with van der Waals surface area (Å²) in [5.41, 5.74) is 3.51. The zero-order chi connectivity index (χ0) is 14.5. The zero-order valence-corrected chi connectivity index (χ0v) is 13.7. The van der Waals surface area contributed by atoms with E-state index in [1.54, 1.807) is 6.07 Å². The Balaban J connectivity index is 2.07. The molecule has 0 amide bonds. The summed E-state index contributed by atoms with van der Waals surface area (Å²) >= 11 is 9.49. The van der Waals surface area contributed by atoms with Crippen LogP contribution in [0, 0.1) is 18.7 Å². The third-order valence-electron chi connectivity index (χ3n) is 3.47. The summed E-state index contributed by atoms with van der Waals surface area (Å²) in [6.45, 7) is 1.96. The van der Waals surface area contributed by atoms with E-state index in [2.05, 4.69) is 28.1 Å². The molecule has 0 heterocycles. The highest BCUT2D eigenvalue weighted by Gasteiger charge is 2.11. The smallest absolute Gasteiger partial charge is 0.123 e. The van der Waals surface area contributed by atoms with Gasteiger partial charge in [-0.1, -0.05) is 45.7 Å². The van der Waals surface area contributed by atoms with Gasteiger partial charge in [-0.15, -0.1) is 0 Å². The number of hydrogen-bond donors (Lipinski definition) is 0. The van der Waals surface area contributed by atoms with Crippen molar-refractivity contribution in [3.05, 3.63) is 70.0 Å². The number of alkyl halides is 1. The van der Waals surface area contributed by atoms with Crippen molar-refractivity contribution in [1.82, 2.24) is 0 Å². The molecule has 1 unspecified atom stereocenters. The van der Waals surface area contributed by atoms with Gasteiger partial charge in [0.25, 0.3) is 0 Å². The molecule has 0 aliphatic rings. The second-order valence-corrected chi connectivity index (χ2v) is 6.21. The molecular weight excluding hydrogens is 339 g/mol. The highest BCUT2D eigenvalue weighted by Crippen LogP contribution is 2.21. The standard InChI is InChI=1S/C17H17BrClF/c1-12-8-17(20)7-4-15(12)10-14(11-18)9-13-2-5-16(19)6-3-13/h2-8,14H,9-11H2,1H3. The van der Waals surface area contributed by atoms with Crippen molar-refractivity contribution in [1.29, 1.82) is 0 Å². The average molecular weight is 356 g/mol. The molecule has 2 rings (SSSR count). The van der Waals surface area contributed by atoms with Gasteiger partial charge in [0.05, 0.1) is 0 Å². The van der Waals surface area contributed by atoms with Gasteiger partial charge in [-0.3, -0.25) is 0 Å². The van der Waals surface area contributed by atoms with Crippen LogP contribution in [0.5, 0.6) is 0 Å². The van der Waals surface area contributed by atoms with Gasteiger partial charge in [0.2, 0.25) is 0 Å². The normalized spacial score (nSPS) is 12.4. The lowest BCUT2D eigenvalue weighted by Crippen LogP contribution is -2.11. The summed E-state index contributed by atoms with van der Waals surface area (Å²) in [7, 11) is 0. The minimum Gasteiger partial charge on any atom is -0.207 e. The second-order valence-electron chi connectivity index (χ2n) is 5.13. The van der Waals surface area contributed by atoms with Crippen molar-refractivity contribution in [2.24, 2.45) is 5.92 Å². The predicted molar refractivity (Wildman–Crippen MR) is 87.3 cm³/mol. The molecule has 1 atom stereocenters. The predicted octanol–water partition coefficient (Wildman–Crippen LogP) is 5.58. The van der Waals surface area contributed by atoms with Gasteiger partial charge in [0.1, 0.15) is 5.82 Å². The fourth-order valence-electron chi connectivity index (χ4n) is 2.33. The quantitative estimate of drug-likeness (QED) is 0.614. The van der Waals surface area contributed by atoms with E-state index < -0.39 is 0 Å². The van der Waals surface area contributed by atoms with Crippen LogP contribution in [-0.4, -0.2) is 5.33 Å². The maximum Gasteiger partial charge on any atom is 0.123 e. The highest BCUT2D eigenvalue weighted by atomic mass is 79.9. The van der Waals surface area contributed by atoms with Crippen LogP contribution < -0.4 is 0 Å². The molecule has 0 spiro atoms. The van der Waals surface area contributed by atoms with Crippen LogP contribution in [0.4, 0.5) is 4.39 Å². The molecular formula is C17H17BrClF. The summed E-state index contributed by atoms with van der Waals surface area (Å²) < 4.78 is 13.1. The van der Waals surface area contributed by atoms with Crippen LogP contribution in [-0.2, 0) is 12.8 Å². The van der Waals surface area contributed by atoms with Crippen molar-refractivity contribution < 1.29 is 4.39 Å². The monoisotopic (exact) mass is 354 g/mol. The van der Waals surface area contributed by atoms with Crippen LogP contribution in [0.3, 0.4) is 0 Å². The molecule has 0 aliphatic heterocycles. The second kappa shape index (κ2) is 7.24. The van der Waals surface area contributed by atoms with Crippen molar-refractivity contribution in [3.63, 3.8) is 0 Å². The van der Waals surface area contributed by atoms with E-state index in [0.29, 0.717) is 5.92 Å². The number of benzene rings is 2. The topological polar surface area (TPSA) is 0 Å². The summed E-state index contributed by atoms with van der Waals surface area (Å²) in [6, 6.07) is 13.0. The fourth-order valence-corrected chi connectivity index (χ4v) is 2.92. The molecule has 0 aliphatic carbocycles. The van der Waals surface area contributed by atoms with E-state index in [0.717, 1.165) is 28.8 Å². The first kappa shape index (κ1) is 15.5. The molecule has 20 heavy (non-hydrogen) atoms. The lowest BCUT2D eigenvalue weighted by molar-refractivity contribution is 0.585. The van der Waals surface area contributed by atoms with Crippen molar-refractivity contribution in [3.8, 4) is 0 Å². The molecule has 0 nitrogen and oxygen atoms in total. The lowest BCUT2D eigenvalue weighted by Gasteiger charge is -2.16. The first-order valence-electron chi connectivity index (χ1n) is 6.64. The van der Waals surface area contributed by atoms with Gasteiger partial charge >= 0.3 is 0 Å². The molecule has 0 radical (unpaired) electrons. The number of hydrogen-bond acceptors (Lipinski definition) is 0. The Hall–Kier alpha value is -0.860. The molecule has 0 N–H and O–H groups in total. The van der Waals surface area contributed by atoms with E-state index in [1.165, 1.54) is 17.2 Å². The lowest BCUT2D eigenvalue weighted by atomic mass is 9.92. The summed E-state index contributed by atoms with van der Waals surface area (Å²) in [5.74, 6) is 0.319. The van der Waals surface area contributed by atoms with Gasteiger partial charge in [0, 0.05) is 10.4 Å². The maximum absolute atomic E-state index is 13.1. The number of halogens is 3.